The van der Waals surface area contributed by atoms with E-state index in [1.165, 1.54) is 0 Å². The molecule has 2 N–H and O–H groups in total. The molecule has 88 valence electrons. The van der Waals surface area contributed by atoms with E-state index < -0.39 is 0 Å². The molecular weight excluding hydrogens is 202 g/mol. The Balaban J connectivity index is 2.64. The van der Waals surface area contributed by atoms with Crippen LogP contribution in [0.5, 0.6) is 0 Å². The Hall–Kier alpha value is -1.42. The van der Waals surface area contributed by atoms with Crippen molar-refractivity contribution in [2.75, 3.05) is 11.4 Å². The Bertz CT molecular complexity index is 324. The zero-order chi connectivity index (χ0) is 12.0. The van der Waals surface area contributed by atoms with Crippen LogP contribution < -0.4 is 10.6 Å². The summed E-state index contributed by atoms with van der Waals surface area (Å²) in [6.07, 6.45) is 4.60. The van der Waals surface area contributed by atoms with E-state index in [2.05, 4.69) is 4.98 Å². The van der Waals surface area contributed by atoms with Crippen LogP contribution in [0.3, 0.4) is 0 Å². The highest BCUT2D eigenvalue weighted by Gasteiger charge is 2.13. The number of amides is 1. The van der Waals surface area contributed by atoms with Gasteiger partial charge in [0.05, 0.1) is 0 Å². The van der Waals surface area contributed by atoms with Crippen molar-refractivity contribution in [2.45, 2.75) is 32.7 Å². The van der Waals surface area contributed by atoms with E-state index in [9.17, 15) is 4.79 Å². The Morgan fingerprint density at radius 3 is 2.62 bits per heavy atom. The molecule has 0 radical (unpaired) electrons. The molecule has 16 heavy (non-hydrogen) atoms. The largest absolute Gasteiger partial charge is 0.328 e. The van der Waals surface area contributed by atoms with E-state index in [0.29, 0.717) is 13.0 Å². The molecule has 0 aliphatic carbocycles. The van der Waals surface area contributed by atoms with Gasteiger partial charge in [0.25, 0.3) is 0 Å². The molecule has 1 atom stereocenters. The molecular formula is C12H19N3O. The van der Waals surface area contributed by atoms with Gasteiger partial charge in [0.1, 0.15) is 0 Å². The topological polar surface area (TPSA) is 59.2 Å². The first-order valence-electron chi connectivity index (χ1n) is 5.61. The quantitative estimate of drug-likeness (QED) is 0.821. The number of nitrogens with two attached hydrogens (primary N) is 1. The lowest BCUT2D eigenvalue weighted by atomic mass is 10.1. The third-order valence-electron chi connectivity index (χ3n) is 2.41. The summed E-state index contributed by atoms with van der Waals surface area (Å²) >= 11 is 0. The average Bonchev–Trinajstić information content (AvgIpc) is 2.29. The van der Waals surface area contributed by atoms with Crippen LogP contribution in [0.25, 0.3) is 0 Å². The minimum Gasteiger partial charge on any atom is -0.328 e. The average molecular weight is 221 g/mol. The zero-order valence-corrected chi connectivity index (χ0v) is 9.89. The summed E-state index contributed by atoms with van der Waals surface area (Å²) < 4.78 is 0. The third-order valence-corrected chi connectivity index (χ3v) is 2.41. The summed E-state index contributed by atoms with van der Waals surface area (Å²) in [5.74, 6) is 0.117. The van der Waals surface area contributed by atoms with E-state index in [4.69, 9.17) is 5.73 Å². The predicted molar refractivity (Wildman–Crippen MR) is 65.1 cm³/mol. The fraction of sp³-hybridized carbons (Fsp3) is 0.500. The minimum atomic E-state index is 0.0695. The van der Waals surface area contributed by atoms with Crippen molar-refractivity contribution >= 4 is 11.6 Å². The molecule has 0 fully saturated rings. The van der Waals surface area contributed by atoms with Crippen LogP contribution in [-0.2, 0) is 4.79 Å². The van der Waals surface area contributed by atoms with Gasteiger partial charge in [-0.2, -0.15) is 0 Å². The summed E-state index contributed by atoms with van der Waals surface area (Å²) in [5, 5.41) is 0. The molecule has 4 nitrogen and oxygen atoms in total. The third kappa shape index (κ3) is 3.62. The highest BCUT2D eigenvalue weighted by Crippen LogP contribution is 2.13. The van der Waals surface area contributed by atoms with Gasteiger partial charge < -0.3 is 10.6 Å². The molecule has 0 aliphatic heterocycles. The van der Waals surface area contributed by atoms with Crippen molar-refractivity contribution in [3.8, 4) is 0 Å². The van der Waals surface area contributed by atoms with Gasteiger partial charge in [-0.05, 0) is 32.4 Å². The SMILES string of the molecule is CCN(C(=O)CCC(C)N)c1ccncc1. The first-order chi connectivity index (χ1) is 7.65. The minimum absolute atomic E-state index is 0.0695. The van der Waals surface area contributed by atoms with Crippen molar-refractivity contribution in [2.24, 2.45) is 5.73 Å². The smallest absolute Gasteiger partial charge is 0.227 e. The number of hydrogen-bond acceptors (Lipinski definition) is 3. The van der Waals surface area contributed by atoms with Crippen LogP contribution in [0, 0.1) is 0 Å². The summed E-state index contributed by atoms with van der Waals surface area (Å²) in [6.45, 7) is 4.54. The van der Waals surface area contributed by atoms with Crippen LogP contribution in [0.2, 0.25) is 0 Å². The maximum absolute atomic E-state index is 11.9. The Kier molecular flexibility index (Phi) is 4.92. The molecule has 1 amide bonds. The number of carbonyl (C=O) groups excluding carboxylic acids is 1. The monoisotopic (exact) mass is 221 g/mol. The molecule has 0 saturated carbocycles. The molecule has 1 aromatic rings. The van der Waals surface area contributed by atoms with Crippen LogP contribution in [0.1, 0.15) is 26.7 Å². The first kappa shape index (κ1) is 12.6. The van der Waals surface area contributed by atoms with Gasteiger partial charge >= 0.3 is 0 Å². The molecule has 0 aliphatic rings. The van der Waals surface area contributed by atoms with Gasteiger partial charge in [-0.3, -0.25) is 9.78 Å². The second-order valence-corrected chi connectivity index (χ2v) is 3.86. The molecule has 1 rings (SSSR count). The van der Waals surface area contributed by atoms with Crippen molar-refractivity contribution in [1.82, 2.24) is 4.98 Å². The van der Waals surface area contributed by atoms with Gasteiger partial charge in [-0.1, -0.05) is 0 Å². The highest BCUT2D eigenvalue weighted by atomic mass is 16.2. The highest BCUT2D eigenvalue weighted by molar-refractivity contribution is 5.93. The number of hydrogen-bond donors (Lipinski definition) is 1. The second kappa shape index (κ2) is 6.23. The van der Waals surface area contributed by atoms with E-state index in [1.807, 2.05) is 26.0 Å². The number of aromatic nitrogens is 1. The molecule has 0 spiro atoms. The first-order valence-corrected chi connectivity index (χ1v) is 5.61. The number of rotatable bonds is 5. The van der Waals surface area contributed by atoms with Gasteiger partial charge in [0.15, 0.2) is 0 Å². The summed E-state index contributed by atoms with van der Waals surface area (Å²) in [7, 11) is 0. The van der Waals surface area contributed by atoms with Crippen LogP contribution in [-0.4, -0.2) is 23.5 Å². The standard InChI is InChI=1S/C12H19N3O/c1-3-15(11-6-8-14-9-7-11)12(16)5-4-10(2)13/h6-10H,3-5,13H2,1-2H3. The summed E-state index contributed by atoms with van der Waals surface area (Å²) in [4.78, 5) is 17.6. The Morgan fingerprint density at radius 2 is 2.12 bits per heavy atom. The maximum Gasteiger partial charge on any atom is 0.227 e. The van der Waals surface area contributed by atoms with Crippen molar-refractivity contribution < 1.29 is 4.79 Å². The number of carbonyl (C=O) groups is 1. The fourth-order valence-corrected chi connectivity index (χ4v) is 1.51. The lowest BCUT2D eigenvalue weighted by molar-refractivity contribution is -0.118. The van der Waals surface area contributed by atoms with E-state index in [1.54, 1.807) is 17.3 Å². The molecule has 1 aromatic heterocycles. The number of pyridine rings is 1. The summed E-state index contributed by atoms with van der Waals surface area (Å²) in [6, 6.07) is 3.75. The van der Waals surface area contributed by atoms with Crippen molar-refractivity contribution in [3.05, 3.63) is 24.5 Å². The van der Waals surface area contributed by atoms with Gasteiger partial charge in [-0.15, -0.1) is 0 Å². The van der Waals surface area contributed by atoms with Gasteiger partial charge in [0.2, 0.25) is 5.91 Å². The van der Waals surface area contributed by atoms with E-state index >= 15 is 0 Å². The lowest BCUT2D eigenvalue weighted by Gasteiger charge is -2.21. The predicted octanol–water partition coefficient (Wildman–Crippen LogP) is 1.56. The van der Waals surface area contributed by atoms with Crippen molar-refractivity contribution in [1.29, 1.82) is 0 Å². The van der Waals surface area contributed by atoms with Crippen molar-refractivity contribution in [3.63, 3.8) is 0 Å². The lowest BCUT2D eigenvalue weighted by Crippen LogP contribution is -2.31. The maximum atomic E-state index is 11.9. The van der Waals surface area contributed by atoms with E-state index in [0.717, 1.165) is 12.1 Å². The van der Waals surface area contributed by atoms with Crippen LogP contribution in [0.15, 0.2) is 24.5 Å². The molecule has 4 heteroatoms. The molecule has 1 unspecified atom stereocenters. The normalized spacial score (nSPS) is 12.2. The second-order valence-electron chi connectivity index (χ2n) is 3.86. The molecule has 0 aromatic carbocycles. The van der Waals surface area contributed by atoms with E-state index in [-0.39, 0.29) is 11.9 Å². The fourth-order valence-electron chi connectivity index (χ4n) is 1.51. The van der Waals surface area contributed by atoms with Gasteiger partial charge in [0, 0.05) is 37.1 Å². The Morgan fingerprint density at radius 1 is 1.50 bits per heavy atom. The van der Waals surface area contributed by atoms with Gasteiger partial charge in [-0.25, -0.2) is 0 Å². The number of anilines is 1. The molecule has 1 heterocycles. The Labute approximate surface area is 96.5 Å². The summed E-state index contributed by atoms with van der Waals surface area (Å²) in [5.41, 5.74) is 6.54. The number of nitrogens with zero attached hydrogens (tertiary/aromatic N) is 2. The zero-order valence-electron chi connectivity index (χ0n) is 9.89. The molecule has 0 saturated heterocycles. The van der Waals surface area contributed by atoms with Crippen LogP contribution in [0.4, 0.5) is 5.69 Å². The molecule has 0 bridgehead atoms. The van der Waals surface area contributed by atoms with Crippen LogP contribution >= 0.6 is 0 Å².